The zero-order chi connectivity index (χ0) is 12.3. The molecule has 0 spiro atoms. The van der Waals surface area contributed by atoms with Gasteiger partial charge in [0, 0.05) is 31.0 Å². The van der Waals surface area contributed by atoms with Crippen LogP contribution in [0.4, 0.5) is 0 Å². The highest BCUT2D eigenvalue weighted by Gasteiger charge is 2.39. The first kappa shape index (κ1) is 12.8. The van der Waals surface area contributed by atoms with Crippen molar-refractivity contribution in [3.8, 4) is 0 Å². The Bertz CT molecular complexity index is 275. The second-order valence-electron chi connectivity index (χ2n) is 5.54. The van der Waals surface area contributed by atoms with Gasteiger partial charge in [-0.3, -0.25) is 4.79 Å². The Morgan fingerprint density at radius 3 is 2.65 bits per heavy atom. The zero-order valence-electron chi connectivity index (χ0n) is 10.7. The number of aliphatic hydroxyl groups excluding tert-OH is 1. The van der Waals surface area contributed by atoms with Crippen LogP contribution in [-0.4, -0.2) is 36.8 Å². The summed E-state index contributed by atoms with van der Waals surface area (Å²) in [5.41, 5.74) is -0.114. The van der Waals surface area contributed by atoms with Gasteiger partial charge < -0.3 is 15.7 Å². The molecule has 0 aromatic rings. The lowest BCUT2D eigenvalue weighted by molar-refractivity contribution is -0.131. The number of rotatable bonds is 4. The van der Waals surface area contributed by atoms with Crippen LogP contribution < -0.4 is 10.6 Å². The van der Waals surface area contributed by atoms with E-state index in [0.29, 0.717) is 13.1 Å². The number of β-amino-alcohol motifs (C(OH)–C–C–N with tert-alkyl or cyclic N) is 1. The number of carbonyl (C=O) groups excluding carboxylic acids is 1. The van der Waals surface area contributed by atoms with Crippen molar-refractivity contribution in [2.45, 2.75) is 45.1 Å². The predicted molar refractivity (Wildman–Crippen MR) is 66.6 cm³/mol. The molecule has 4 heteroatoms. The summed E-state index contributed by atoms with van der Waals surface area (Å²) in [6.07, 6.45) is 5.03. The fourth-order valence-corrected chi connectivity index (χ4v) is 3.13. The van der Waals surface area contributed by atoms with Crippen LogP contribution in [0, 0.1) is 11.3 Å². The Morgan fingerprint density at radius 1 is 1.41 bits per heavy atom. The molecule has 2 fully saturated rings. The highest BCUT2D eigenvalue weighted by atomic mass is 16.3. The van der Waals surface area contributed by atoms with Crippen molar-refractivity contribution in [1.82, 2.24) is 10.6 Å². The summed E-state index contributed by atoms with van der Waals surface area (Å²) in [5, 5.41) is 15.9. The molecule has 1 aliphatic heterocycles. The van der Waals surface area contributed by atoms with Crippen molar-refractivity contribution in [3.63, 3.8) is 0 Å². The molecular weight excluding hydrogens is 216 g/mol. The van der Waals surface area contributed by atoms with E-state index in [9.17, 15) is 9.90 Å². The van der Waals surface area contributed by atoms with Crippen molar-refractivity contribution >= 4 is 5.91 Å². The van der Waals surface area contributed by atoms with Crippen molar-refractivity contribution in [2.75, 3.05) is 19.6 Å². The molecule has 1 saturated heterocycles. The van der Waals surface area contributed by atoms with Gasteiger partial charge in [0.1, 0.15) is 0 Å². The van der Waals surface area contributed by atoms with E-state index in [4.69, 9.17) is 0 Å². The van der Waals surface area contributed by atoms with Gasteiger partial charge in [0.15, 0.2) is 0 Å². The maximum atomic E-state index is 12.2. The monoisotopic (exact) mass is 240 g/mol. The van der Waals surface area contributed by atoms with Crippen molar-refractivity contribution in [2.24, 2.45) is 11.3 Å². The summed E-state index contributed by atoms with van der Waals surface area (Å²) in [6.45, 7) is 4.17. The van der Waals surface area contributed by atoms with Crippen LogP contribution in [0.25, 0.3) is 0 Å². The molecule has 0 aromatic heterocycles. The molecule has 98 valence electrons. The average molecular weight is 240 g/mol. The van der Waals surface area contributed by atoms with Crippen LogP contribution in [0.3, 0.4) is 0 Å². The number of hydrogen-bond donors (Lipinski definition) is 3. The van der Waals surface area contributed by atoms with Crippen molar-refractivity contribution in [1.29, 1.82) is 0 Å². The number of carbonyl (C=O) groups is 1. The molecule has 2 unspecified atom stereocenters. The molecule has 0 radical (unpaired) electrons. The molecule has 17 heavy (non-hydrogen) atoms. The maximum Gasteiger partial charge on any atom is 0.226 e. The third kappa shape index (κ3) is 2.63. The first-order chi connectivity index (χ1) is 8.18. The van der Waals surface area contributed by atoms with Crippen LogP contribution in [-0.2, 0) is 4.79 Å². The Hall–Kier alpha value is -0.610. The zero-order valence-corrected chi connectivity index (χ0v) is 10.7. The lowest BCUT2D eigenvalue weighted by Crippen LogP contribution is -2.42. The van der Waals surface area contributed by atoms with Crippen LogP contribution in [0.5, 0.6) is 0 Å². The van der Waals surface area contributed by atoms with E-state index >= 15 is 0 Å². The van der Waals surface area contributed by atoms with Gasteiger partial charge in [0.2, 0.25) is 5.91 Å². The van der Waals surface area contributed by atoms with Gasteiger partial charge in [-0.2, -0.15) is 0 Å². The number of amides is 1. The Labute approximate surface area is 103 Å². The van der Waals surface area contributed by atoms with Crippen LogP contribution in [0.1, 0.15) is 39.0 Å². The summed E-state index contributed by atoms with van der Waals surface area (Å²) in [6, 6.07) is 0. The molecule has 0 bridgehead atoms. The van der Waals surface area contributed by atoms with Crippen molar-refractivity contribution in [3.05, 3.63) is 0 Å². The van der Waals surface area contributed by atoms with Gasteiger partial charge in [-0.1, -0.05) is 19.8 Å². The second kappa shape index (κ2) is 5.36. The minimum Gasteiger partial charge on any atom is -0.391 e. The fourth-order valence-electron chi connectivity index (χ4n) is 3.13. The van der Waals surface area contributed by atoms with Gasteiger partial charge in [0.25, 0.3) is 0 Å². The standard InChI is InChI=1S/C13H24N2O2/c1-2-13(5-3-4-6-13)12(17)15-8-10-7-14-9-11(10)16/h10-11,14,16H,2-9H2,1H3,(H,15,17). The largest absolute Gasteiger partial charge is 0.391 e. The van der Waals surface area contributed by atoms with E-state index in [2.05, 4.69) is 17.6 Å². The summed E-state index contributed by atoms with van der Waals surface area (Å²) in [7, 11) is 0. The Kier molecular flexibility index (Phi) is 4.05. The summed E-state index contributed by atoms with van der Waals surface area (Å²) in [4.78, 5) is 12.2. The summed E-state index contributed by atoms with van der Waals surface area (Å²) < 4.78 is 0. The number of nitrogens with one attached hydrogen (secondary N) is 2. The van der Waals surface area contributed by atoms with Gasteiger partial charge in [0.05, 0.1) is 6.10 Å². The number of aliphatic hydroxyl groups is 1. The SMILES string of the molecule is CCC1(C(=O)NCC2CNCC2O)CCCC1. The molecule has 1 heterocycles. The van der Waals surface area contributed by atoms with Gasteiger partial charge >= 0.3 is 0 Å². The predicted octanol–water partition coefficient (Wildman–Crippen LogP) is 0.653. The Morgan fingerprint density at radius 2 is 2.12 bits per heavy atom. The molecule has 3 N–H and O–H groups in total. The van der Waals surface area contributed by atoms with Gasteiger partial charge in [-0.15, -0.1) is 0 Å². The molecule has 1 saturated carbocycles. The van der Waals surface area contributed by atoms with E-state index in [1.165, 1.54) is 12.8 Å². The second-order valence-corrected chi connectivity index (χ2v) is 5.54. The lowest BCUT2D eigenvalue weighted by atomic mass is 9.82. The fraction of sp³-hybridized carbons (Fsp3) is 0.923. The van der Waals surface area contributed by atoms with Gasteiger partial charge in [-0.05, 0) is 19.3 Å². The summed E-state index contributed by atoms with van der Waals surface area (Å²) in [5.74, 6) is 0.380. The minimum atomic E-state index is -0.309. The molecule has 2 atom stereocenters. The quantitative estimate of drug-likeness (QED) is 0.676. The van der Waals surface area contributed by atoms with E-state index in [1.807, 2.05) is 0 Å². The van der Waals surface area contributed by atoms with Crippen molar-refractivity contribution < 1.29 is 9.90 Å². The molecule has 2 aliphatic rings. The molecule has 0 aromatic carbocycles. The minimum absolute atomic E-state index is 0.114. The van der Waals surface area contributed by atoms with Crippen LogP contribution >= 0.6 is 0 Å². The van der Waals surface area contributed by atoms with E-state index in [0.717, 1.165) is 25.8 Å². The number of hydrogen-bond acceptors (Lipinski definition) is 3. The molecule has 1 aliphatic carbocycles. The first-order valence-corrected chi connectivity index (χ1v) is 6.85. The third-order valence-corrected chi connectivity index (χ3v) is 4.55. The van der Waals surface area contributed by atoms with Crippen LogP contribution in [0.15, 0.2) is 0 Å². The first-order valence-electron chi connectivity index (χ1n) is 6.85. The lowest BCUT2D eigenvalue weighted by Gasteiger charge is -2.27. The van der Waals surface area contributed by atoms with E-state index in [-0.39, 0.29) is 23.3 Å². The highest BCUT2D eigenvalue weighted by Crippen LogP contribution is 2.41. The molecule has 4 nitrogen and oxygen atoms in total. The van der Waals surface area contributed by atoms with E-state index in [1.54, 1.807) is 0 Å². The third-order valence-electron chi connectivity index (χ3n) is 4.55. The molecule has 1 amide bonds. The summed E-state index contributed by atoms with van der Waals surface area (Å²) >= 11 is 0. The highest BCUT2D eigenvalue weighted by molar-refractivity contribution is 5.82. The molecular formula is C13H24N2O2. The topological polar surface area (TPSA) is 61.4 Å². The smallest absolute Gasteiger partial charge is 0.226 e. The normalized spacial score (nSPS) is 31.6. The average Bonchev–Trinajstić information content (AvgIpc) is 2.95. The maximum absolute atomic E-state index is 12.2. The Balaban J connectivity index is 1.84. The van der Waals surface area contributed by atoms with Gasteiger partial charge in [-0.25, -0.2) is 0 Å². The molecule has 2 rings (SSSR count). The van der Waals surface area contributed by atoms with Crippen LogP contribution in [0.2, 0.25) is 0 Å². The van der Waals surface area contributed by atoms with E-state index < -0.39 is 0 Å².